The van der Waals surface area contributed by atoms with Crippen LogP contribution in [0.15, 0.2) is 18.2 Å². The molecule has 1 fully saturated rings. The van der Waals surface area contributed by atoms with Crippen molar-refractivity contribution in [3.05, 3.63) is 29.6 Å². The zero-order valence-electron chi connectivity index (χ0n) is 12.2. The van der Waals surface area contributed by atoms with Crippen LogP contribution in [0.3, 0.4) is 0 Å². The number of ether oxygens (including phenoxy) is 1. The predicted molar refractivity (Wildman–Crippen MR) is 78.2 cm³/mol. The lowest BCUT2D eigenvalue weighted by Gasteiger charge is -2.41. The van der Waals surface area contributed by atoms with Crippen LogP contribution in [0.4, 0.5) is 4.39 Å². The second kappa shape index (κ2) is 5.36. The Labute approximate surface area is 120 Å². The summed E-state index contributed by atoms with van der Waals surface area (Å²) < 4.78 is 19.7. The smallest absolute Gasteiger partial charge is 0.127 e. The van der Waals surface area contributed by atoms with Gasteiger partial charge in [-0.2, -0.15) is 0 Å². The minimum absolute atomic E-state index is 0.0301. The van der Waals surface area contributed by atoms with Crippen molar-refractivity contribution in [3.8, 4) is 5.75 Å². The van der Waals surface area contributed by atoms with Gasteiger partial charge in [0.25, 0.3) is 0 Å². The molecule has 1 aromatic carbocycles. The van der Waals surface area contributed by atoms with Crippen molar-refractivity contribution in [1.82, 2.24) is 0 Å². The van der Waals surface area contributed by atoms with E-state index in [0.717, 1.165) is 30.7 Å². The SMILES string of the molecule is CCC1CCCC2(CC1)C[C@H](N)c1ccc(F)cc1O2. The summed E-state index contributed by atoms with van der Waals surface area (Å²) >= 11 is 0. The predicted octanol–water partition coefficient (Wildman–Crippen LogP) is 4.34. The highest BCUT2D eigenvalue weighted by atomic mass is 19.1. The summed E-state index contributed by atoms with van der Waals surface area (Å²) in [6, 6.07) is 4.71. The maximum atomic E-state index is 13.5. The molecule has 0 aromatic heterocycles. The number of halogens is 1. The summed E-state index contributed by atoms with van der Waals surface area (Å²) in [7, 11) is 0. The first-order valence-electron chi connectivity index (χ1n) is 7.86. The minimum Gasteiger partial charge on any atom is -0.487 e. The van der Waals surface area contributed by atoms with Crippen LogP contribution in [0.5, 0.6) is 5.75 Å². The zero-order valence-corrected chi connectivity index (χ0v) is 12.2. The van der Waals surface area contributed by atoms with Crippen molar-refractivity contribution in [3.63, 3.8) is 0 Å². The van der Waals surface area contributed by atoms with Crippen molar-refractivity contribution in [2.75, 3.05) is 0 Å². The minimum atomic E-state index is -0.243. The fraction of sp³-hybridized carbons (Fsp3) is 0.647. The lowest BCUT2D eigenvalue weighted by atomic mass is 9.82. The molecule has 0 bridgehead atoms. The molecule has 0 saturated heterocycles. The van der Waals surface area contributed by atoms with Crippen LogP contribution in [0.1, 0.15) is 63.5 Å². The van der Waals surface area contributed by atoms with Crippen molar-refractivity contribution >= 4 is 0 Å². The molecule has 1 aromatic rings. The van der Waals surface area contributed by atoms with Gasteiger partial charge < -0.3 is 10.5 Å². The van der Waals surface area contributed by atoms with E-state index in [9.17, 15) is 4.39 Å². The summed E-state index contributed by atoms with van der Waals surface area (Å²) in [5.74, 6) is 1.23. The number of rotatable bonds is 1. The molecule has 1 heterocycles. The lowest BCUT2D eigenvalue weighted by Crippen LogP contribution is -2.42. The Balaban J connectivity index is 1.86. The molecule has 2 aliphatic rings. The molecular weight excluding hydrogens is 253 g/mol. The molecule has 20 heavy (non-hydrogen) atoms. The quantitative estimate of drug-likeness (QED) is 0.829. The van der Waals surface area contributed by atoms with E-state index in [0.29, 0.717) is 5.75 Å². The van der Waals surface area contributed by atoms with Crippen molar-refractivity contribution in [1.29, 1.82) is 0 Å². The Morgan fingerprint density at radius 3 is 3.00 bits per heavy atom. The van der Waals surface area contributed by atoms with Crippen molar-refractivity contribution in [2.24, 2.45) is 11.7 Å². The topological polar surface area (TPSA) is 35.2 Å². The van der Waals surface area contributed by atoms with E-state index in [4.69, 9.17) is 10.5 Å². The maximum absolute atomic E-state index is 13.5. The van der Waals surface area contributed by atoms with Gasteiger partial charge in [-0.3, -0.25) is 0 Å². The molecule has 0 radical (unpaired) electrons. The molecule has 1 spiro atoms. The number of hydrogen-bond donors (Lipinski definition) is 1. The molecule has 2 nitrogen and oxygen atoms in total. The molecule has 1 saturated carbocycles. The fourth-order valence-corrected chi connectivity index (χ4v) is 3.85. The molecule has 3 rings (SSSR count). The molecule has 1 aliphatic heterocycles. The van der Waals surface area contributed by atoms with Gasteiger partial charge in [0, 0.05) is 24.1 Å². The van der Waals surface area contributed by atoms with Crippen LogP contribution < -0.4 is 10.5 Å². The molecule has 110 valence electrons. The highest BCUT2D eigenvalue weighted by Gasteiger charge is 2.41. The van der Waals surface area contributed by atoms with E-state index >= 15 is 0 Å². The average Bonchev–Trinajstić information content (AvgIpc) is 2.60. The Morgan fingerprint density at radius 1 is 1.35 bits per heavy atom. The van der Waals surface area contributed by atoms with Crippen LogP contribution >= 0.6 is 0 Å². The third-order valence-electron chi connectivity index (χ3n) is 5.12. The zero-order chi connectivity index (χ0) is 14.2. The summed E-state index contributed by atoms with van der Waals surface area (Å²) in [4.78, 5) is 0. The molecule has 2 unspecified atom stereocenters. The normalized spacial score (nSPS) is 33.4. The van der Waals surface area contributed by atoms with Gasteiger partial charge in [-0.05, 0) is 37.7 Å². The summed E-state index contributed by atoms with van der Waals surface area (Å²) in [5.41, 5.74) is 7.11. The van der Waals surface area contributed by atoms with Crippen molar-refractivity contribution in [2.45, 2.75) is 63.5 Å². The van der Waals surface area contributed by atoms with E-state index in [1.807, 2.05) is 0 Å². The van der Waals surface area contributed by atoms with Crippen LogP contribution in [-0.2, 0) is 0 Å². The number of hydrogen-bond acceptors (Lipinski definition) is 2. The van der Waals surface area contributed by atoms with Gasteiger partial charge >= 0.3 is 0 Å². The molecule has 0 amide bonds. The summed E-state index contributed by atoms with van der Waals surface area (Å²) in [6.45, 7) is 2.26. The second-order valence-corrected chi connectivity index (χ2v) is 6.48. The third-order valence-corrected chi connectivity index (χ3v) is 5.12. The first-order chi connectivity index (χ1) is 9.62. The standard InChI is InChI=1S/C17H24FNO/c1-2-12-4-3-8-17(9-7-12)11-15(19)14-6-5-13(18)10-16(14)20-17/h5-6,10,12,15H,2-4,7-9,11,19H2,1H3/t12?,15-,17?/m0/s1. The Hall–Kier alpha value is -1.09. The van der Waals surface area contributed by atoms with Crippen LogP contribution in [0.2, 0.25) is 0 Å². The average molecular weight is 277 g/mol. The molecule has 3 atom stereocenters. The van der Waals surface area contributed by atoms with Gasteiger partial charge in [0.2, 0.25) is 0 Å². The second-order valence-electron chi connectivity index (χ2n) is 6.48. The van der Waals surface area contributed by atoms with Gasteiger partial charge in [0.15, 0.2) is 0 Å². The Morgan fingerprint density at radius 2 is 2.20 bits per heavy atom. The number of nitrogens with two attached hydrogens (primary N) is 1. The van der Waals surface area contributed by atoms with Crippen LogP contribution in [0.25, 0.3) is 0 Å². The molecular formula is C17H24FNO. The Bertz CT molecular complexity index is 490. The first-order valence-corrected chi connectivity index (χ1v) is 7.86. The monoisotopic (exact) mass is 277 g/mol. The highest BCUT2D eigenvalue weighted by Crippen LogP contribution is 2.45. The van der Waals surface area contributed by atoms with E-state index in [2.05, 4.69) is 6.92 Å². The van der Waals surface area contributed by atoms with Gasteiger partial charge in [0.1, 0.15) is 17.2 Å². The van der Waals surface area contributed by atoms with E-state index < -0.39 is 0 Å². The van der Waals surface area contributed by atoms with Crippen molar-refractivity contribution < 1.29 is 9.13 Å². The van der Waals surface area contributed by atoms with E-state index in [1.54, 1.807) is 6.07 Å². The van der Waals surface area contributed by atoms with Gasteiger partial charge in [-0.1, -0.05) is 25.8 Å². The highest BCUT2D eigenvalue weighted by molar-refractivity contribution is 5.39. The third kappa shape index (κ3) is 2.56. The number of fused-ring (bicyclic) bond motifs is 1. The molecule has 1 aliphatic carbocycles. The summed E-state index contributed by atoms with van der Waals surface area (Å²) in [5, 5.41) is 0. The maximum Gasteiger partial charge on any atom is 0.127 e. The van der Waals surface area contributed by atoms with Gasteiger partial charge in [0.05, 0.1) is 0 Å². The van der Waals surface area contributed by atoms with Crippen LogP contribution in [0, 0.1) is 11.7 Å². The van der Waals surface area contributed by atoms with Gasteiger partial charge in [-0.25, -0.2) is 4.39 Å². The lowest BCUT2D eigenvalue weighted by molar-refractivity contribution is 0.0200. The molecule has 3 heteroatoms. The van der Waals surface area contributed by atoms with E-state index in [-0.39, 0.29) is 17.5 Å². The fourth-order valence-electron chi connectivity index (χ4n) is 3.85. The summed E-state index contributed by atoms with van der Waals surface area (Å²) in [6.07, 6.45) is 7.88. The molecule has 2 N–H and O–H groups in total. The van der Waals surface area contributed by atoms with Gasteiger partial charge in [-0.15, -0.1) is 0 Å². The largest absolute Gasteiger partial charge is 0.487 e. The van der Waals surface area contributed by atoms with Crippen LogP contribution in [-0.4, -0.2) is 5.60 Å². The number of benzene rings is 1. The first kappa shape index (κ1) is 13.9. The Kier molecular flexibility index (Phi) is 3.72. The van der Waals surface area contributed by atoms with E-state index in [1.165, 1.54) is 37.8 Å².